The molecular weight excluding hydrogens is 398 g/mol. The maximum atomic E-state index is 5.96. The van der Waals surface area contributed by atoms with Crippen LogP contribution < -0.4 is 5.32 Å². The molecule has 1 fully saturated rings. The van der Waals surface area contributed by atoms with Gasteiger partial charge < -0.3 is 19.5 Å². The molecule has 3 aromatic rings. The third-order valence-corrected chi connectivity index (χ3v) is 5.89. The number of aromatic nitrogens is 2. The van der Waals surface area contributed by atoms with Gasteiger partial charge in [-0.3, -0.25) is 4.99 Å². The van der Waals surface area contributed by atoms with Crippen molar-refractivity contribution in [1.82, 2.24) is 19.8 Å². The number of hydrogen-bond donors (Lipinski definition) is 1. The van der Waals surface area contributed by atoms with E-state index < -0.39 is 0 Å². The van der Waals surface area contributed by atoms with E-state index >= 15 is 0 Å². The molecule has 0 saturated carbocycles. The Balaban J connectivity index is 1.20. The summed E-state index contributed by atoms with van der Waals surface area (Å²) in [4.78, 5) is 11.4. The van der Waals surface area contributed by atoms with Crippen LogP contribution in [0.15, 0.2) is 78.0 Å². The Morgan fingerprint density at radius 2 is 1.84 bits per heavy atom. The zero-order chi connectivity index (χ0) is 22.0. The number of hydrogen-bond acceptors (Lipinski definition) is 3. The van der Waals surface area contributed by atoms with E-state index in [0.29, 0.717) is 12.5 Å². The molecule has 1 aliphatic rings. The molecule has 2 aromatic carbocycles. The van der Waals surface area contributed by atoms with Gasteiger partial charge in [0, 0.05) is 58.0 Å². The second-order valence-corrected chi connectivity index (χ2v) is 8.28. The van der Waals surface area contributed by atoms with Crippen molar-refractivity contribution in [2.24, 2.45) is 10.9 Å². The maximum Gasteiger partial charge on any atom is 0.193 e. The number of nitrogens with zero attached hydrogens (tertiary/aromatic N) is 4. The lowest BCUT2D eigenvalue weighted by Gasteiger charge is -2.22. The van der Waals surface area contributed by atoms with E-state index in [0.717, 1.165) is 57.4 Å². The number of benzene rings is 2. The smallest absolute Gasteiger partial charge is 0.193 e. The summed E-state index contributed by atoms with van der Waals surface area (Å²) in [5.74, 6) is 2.60. The molecule has 0 aliphatic carbocycles. The topological polar surface area (TPSA) is 54.7 Å². The minimum absolute atomic E-state index is 0.544. The molecule has 0 spiro atoms. The van der Waals surface area contributed by atoms with Crippen molar-refractivity contribution in [2.45, 2.75) is 26.0 Å². The van der Waals surface area contributed by atoms with Gasteiger partial charge in [0.05, 0.1) is 13.2 Å². The van der Waals surface area contributed by atoms with Crippen LogP contribution >= 0.6 is 0 Å². The molecule has 1 aliphatic heterocycles. The fourth-order valence-corrected chi connectivity index (χ4v) is 4.19. The molecule has 1 aromatic heterocycles. The van der Waals surface area contributed by atoms with Crippen LogP contribution in [0.2, 0.25) is 0 Å². The van der Waals surface area contributed by atoms with Crippen molar-refractivity contribution in [3.63, 3.8) is 0 Å². The lowest BCUT2D eigenvalue weighted by atomic mass is 10.1. The highest BCUT2D eigenvalue weighted by Gasteiger charge is 2.25. The van der Waals surface area contributed by atoms with Crippen LogP contribution in [-0.2, 0) is 24.3 Å². The third-order valence-electron chi connectivity index (χ3n) is 5.89. The first-order chi connectivity index (χ1) is 15.8. The lowest BCUT2D eigenvalue weighted by molar-refractivity contribution is 0.0907. The van der Waals surface area contributed by atoms with E-state index in [2.05, 4.69) is 79.5 Å². The summed E-state index contributed by atoms with van der Waals surface area (Å²) in [5.41, 5.74) is 2.51. The molecule has 0 bridgehead atoms. The van der Waals surface area contributed by atoms with Gasteiger partial charge in [0.1, 0.15) is 5.82 Å². The van der Waals surface area contributed by atoms with Gasteiger partial charge in [-0.05, 0) is 17.5 Å². The van der Waals surface area contributed by atoms with Gasteiger partial charge in [-0.2, -0.15) is 0 Å². The first-order valence-corrected chi connectivity index (χ1v) is 11.4. The fraction of sp³-hybridized carbons (Fsp3) is 0.385. The van der Waals surface area contributed by atoms with Gasteiger partial charge in [-0.15, -0.1) is 0 Å². The number of likely N-dealkylation sites (tertiary alicyclic amines) is 1. The number of imidazole rings is 1. The lowest BCUT2D eigenvalue weighted by Crippen LogP contribution is -2.41. The van der Waals surface area contributed by atoms with Gasteiger partial charge >= 0.3 is 0 Å². The van der Waals surface area contributed by atoms with Crippen molar-refractivity contribution in [3.8, 4) is 0 Å². The second-order valence-electron chi connectivity index (χ2n) is 8.28. The van der Waals surface area contributed by atoms with Crippen molar-refractivity contribution in [2.75, 3.05) is 33.3 Å². The highest BCUT2D eigenvalue weighted by Crippen LogP contribution is 2.17. The SMILES string of the molecule is CN=C(NCCc1nccn1Cc1ccccc1)N1CCC(COCc2ccccc2)C1. The molecule has 1 saturated heterocycles. The van der Waals surface area contributed by atoms with Crippen molar-refractivity contribution < 1.29 is 4.74 Å². The number of guanidine groups is 1. The molecule has 0 amide bonds. The van der Waals surface area contributed by atoms with Crippen LogP contribution in [0.1, 0.15) is 23.4 Å². The summed E-state index contributed by atoms with van der Waals surface area (Å²) in [6.07, 6.45) is 5.93. The van der Waals surface area contributed by atoms with Gasteiger partial charge in [0.2, 0.25) is 0 Å². The summed E-state index contributed by atoms with van der Waals surface area (Å²) >= 11 is 0. The Morgan fingerprint density at radius 3 is 2.59 bits per heavy atom. The van der Waals surface area contributed by atoms with E-state index in [-0.39, 0.29) is 0 Å². The Kier molecular flexibility index (Phi) is 7.93. The predicted molar refractivity (Wildman–Crippen MR) is 129 cm³/mol. The molecule has 1 N–H and O–H groups in total. The Bertz CT molecular complexity index is 970. The number of aliphatic imine (C=N–C) groups is 1. The minimum atomic E-state index is 0.544. The highest BCUT2D eigenvalue weighted by molar-refractivity contribution is 5.80. The second kappa shape index (κ2) is 11.5. The molecule has 0 radical (unpaired) electrons. The molecule has 6 heteroatoms. The molecule has 32 heavy (non-hydrogen) atoms. The average molecular weight is 432 g/mol. The maximum absolute atomic E-state index is 5.96. The molecule has 168 valence electrons. The van der Waals surface area contributed by atoms with Crippen LogP contribution in [0.3, 0.4) is 0 Å². The van der Waals surface area contributed by atoms with Crippen molar-refractivity contribution >= 4 is 5.96 Å². The molecule has 4 rings (SSSR count). The average Bonchev–Trinajstić information content (AvgIpc) is 3.48. The quantitative estimate of drug-likeness (QED) is 0.416. The van der Waals surface area contributed by atoms with Gasteiger partial charge in [0.25, 0.3) is 0 Å². The van der Waals surface area contributed by atoms with Gasteiger partial charge in [-0.1, -0.05) is 60.7 Å². The van der Waals surface area contributed by atoms with Gasteiger partial charge in [-0.25, -0.2) is 4.98 Å². The summed E-state index contributed by atoms with van der Waals surface area (Å²) in [7, 11) is 1.86. The number of nitrogens with one attached hydrogen (secondary N) is 1. The molecule has 1 atom stereocenters. The Labute approximate surface area is 191 Å². The summed E-state index contributed by atoms with van der Waals surface area (Å²) in [6, 6.07) is 20.9. The molecule has 6 nitrogen and oxygen atoms in total. The van der Waals surface area contributed by atoms with E-state index in [4.69, 9.17) is 4.74 Å². The van der Waals surface area contributed by atoms with Crippen LogP contribution in [0.5, 0.6) is 0 Å². The fourth-order valence-electron chi connectivity index (χ4n) is 4.19. The largest absolute Gasteiger partial charge is 0.376 e. The summed E-state index contributed by atoms with van der Waals surface area (Å²) in [5, 5.41) is 3.52. The predicted octanol–water partition coefficient (Wildman–Crippen LogP) is 3.59. The van der Waals surface area contributed by atoms with Gasteiger partial charge in [0.15, 0.2) is 5.96 Å². The first kappa shape index (κ1) is 22.1. The number of rotatable bonds is 9. The summed E-state index contributed by atoms with van der Waals surface area (Å²) < 4.78 is 8.18. The van der Waals surface area contributed by atoms with Crippen molar-refractivity contribution in [3.05, 3.63) is 90.0 Å². The number of ether oxygens (including phenoxy) is 1. The van der Waals surface area contributed by atoms with Crippen LogP contribution in [-0.4, -0.2) is 53.7 Å². The van der Waals surface area contributed by atoms with E-state index in [1.165, 1.54) is 11.1 Å². The zero-order valence-corrected chi connectivity index (χ0v) is 18.9. The normalized spacial score (nSPS) is 16.5. The standard InChI is InChI=1S/C26H33N5O/c1-27-26(31-16-13-24(19-31)21-32-20-23-10-6-3-7-11-23)29-14-12-25-28-15-17-30(25)18-22-8-4-2-5-9-22/h2-11,15,17,24H,12-14,16,18-21H2,1H3,(H,27,29). The Hall–Kier alpha value is -3.12. The first-order valence-electron chi connectivity index (χ1n) is 11.4. The third kappa shape index (κ3) is 6.20. The van der Waals surface area contributed by atoms with Crippen molar-refractivity contribution in [1.29, 1.82) is 0 Å². The molecule has 2 heterocycles. The zero-order valence-electron chi connectivity index (χ0n) is 18.9. The molecular formula is C26H33N5O. The van der Waals surface area contributed by atoms with E-state index in [1.807, 2.05) is 25.4 Å². The Morgan fingerprint density at radius 1 is 1.09 bits per heavy atom. The monoisotopic (exact) mass is 431 g/mol. The van der Waals surface area contributed by atoms with Crippen LogP contribution in [0, 0.1) is 5.92 Å². The van der Waals surface area contributed by atoms with Crippen LogP contribution in [0.25, 0.3) is 0 Å². The molecule has 1 unspecified atom stereocenters. The van der Waals surface area contributed by atoms with E-state index in [1.54, 1.807) is 0 Å². The van der Waals surface area contributed by atoms with E-state index in [9.17, 15) is 0 Å². The summed E-state index contributed by atoms with van der Waals surface area (Å²) in [6.45, 7) is 5.13. The van der Waals surface area contributed by atoms with Crippen LogP contribution in [0.4, 0.5) is 0 Å². The highest BCUT2D eigenvalue weighted by atomic mass is 16.5. The minimum Gasteiger partial charge on any atom is -0.376 e.